The van der Waals surface area contributed by atoms with Gasteiger partial charge in [-0.25, -0.2) is 4.79 Å². The summed E-state index contributed by atoms with van der Waals surface area (Å²) in [6.07, 6.45) is 0. The van der Waals surface area contributed by atoms with Crippen molar-refractivity contribution in [1.82, 2.24) is 5.32 Å². The lowest BCUT2D eigenvalue weighted by atomic mass is 10.0. The summed E-state index contributed by atoms with van der Waals surface area (Å²) in [6.45, 7) is 0.563. The maximum Gasteiger partial charge on any atom is 0.336 e. The number of benzene rings is 3. The average Bonchev–Trinajstić information content (AvgIpc) is 3.28. The first kappa shape index (κ1) is 17.9. The number of hydrogen-bond donors (Lipinski definition) is 1. The second-order valence-electron chi connectivity index (χ2n) is 6.99. The summed E-state index contributed by atoms with van der Waals surface area (Å²) in [7, 11) is 0. The molecule has 0 saturated carbocycles. The van der Waals surface area contributed by atoms with Crippen LogP contribution < -0.4 is 10.9 Å². The van der Waals surface area contributed by atoms with Gasteiger partial charge in [0.1, 0.15) is 5.58 Å². The average molecular weight is 397 g/mol. The van der Waals surface area contributed by atoms with Crippen molar-refractivity contribution in [3.63, 3.8) is 0 Å². The molecule has 0 radical (unpaired) electrons. The fourth-order valence-corrected chi connectivity index (χ4v) is 4.68. The van der Waals surface area contributed by atoms with E-state index >= 15 is 0 Å². The molecule has 0 amide bonds. The molecule has 1 N–H and O–H groups in total. The number of nitrogens with one attached hydrogen (secondary N) is 1. The van der Waals surface area contributed by atoms with Crippen LogP contribution in [0.25, 0.3) is 21.7 Å². The summed E-state index contributed by atoms with van der Waals surface area (Å²) >= 11 is 1.73. The molecule has 2 heterocycles. The van der Waals surface area contributed by atoms with Gasteiger partial charge < -0.3 is 9.73 Å². The standard InChI is InChI=1S/C25H19NO2S/c27-23-15-19(24-20-10-5-4-7-17(20)12-13-21(24)28-23)16-26-25(22-11-6-14-29-22)18-8-2-1-3-9-18/h1-15,25-26H,16H2/t25-/m0/s1. The maximum absolute atomic E-state index is 12.2. The first-order valence-corrected chi connectivity index (χ1v) is 10.4. The summed E-state index contributed by atoms with van der Waals surface area (Å²) in [4.78, 5) is 13.4. The highest BCUT2D eigenvalue weighted by molar-refractivity contribution is 7.10. The van der Waals surface area contributed by atoms with Crippen LogP contribution in [0.4, 0.5) is 0 Å². The summed E-state index contributed by atoms with van der Waals surface area (Å²) in [6, 6.07) is 28.3. The van der Waals surface area contributed by atoms with Gasteiger partial charge in [0.05, 0.1) is 6.04 Å². The van der Waals surface area contributed by atoms with Crippen molar-refractivity contribution in [2.75, 3.05) is 0 Å². The highest BCUT2D eigenvalue weighted by Crippen LogP contribution is 2.30. The third-order valence-corrected chi connectivity index (χ3v) is 6.11. The van der Waals surface area contributed by atoms with Crippen LogP contribution in [0, 0.1) is 0 Å². The molecule has 4 heteroatoms. The molecule has 0 bridgehead atoms. The Labute approximate surface area is 172 Å². The van der Waals surface area contributed by atoms with Gasteiger partial charge in [0.15, 0.2) is 0 Å². The van der Waals surface area contributed by atoms with Crippen molar-refractivity contribution < 1.29 is 4.42 Å². The van der Waals surface area contributed by atoms with Gasteiger partial charge >= 0.3 is 5.63 Å². The van der Waals surface area contributed by atoms with Crippen molar-refractivity contribution in [2.24, 2.45) is 0 Å². The minimum Gasteiger partial charge on any atom is -0.423 e. The molecule has 3 aromatic carbocycles. The van der Waals surface area contributed by atoms with E-state index in [2.05, 4.69) is 59.2 Å². The molecule has 0 aliphatic heterocycles. The molecule has 0 fully saturated rings. The van der Waals surface area contributed by atoms with E-state index in [1.54, 1.807) is 17.4 Å². The molecule has 1 atom stereocenters. The Balaban J connectivity index is 1.59. The highest BCUT2D eigenvalue weighted by Gasteiger charge is 2.16. The van der Waals surface area contributed by atoms with Crippen LogP contribution >= 0.6 is 11.3 Å². The van der Waals surface area contributed by atoms with Crippen LogP contribution in [-0.2, 0) is 6.54 Å². The van der Waals surface area contributed by atoms with Crippen LogP contribution in [0.1, 0.15) is 22.0 Å². The van der Waals surface area contributed by atoms with E-state index in [0.29, 0.717) is 12.1 Å². The van der Waals surface area contributed by atoms with Gasteiger partial charge in [-0.2, -0.15) is 0 Å². The molecule has 0 saturated heterocycles. The van der Waals surface area contributed by atoms with E-state index in [4.69, 9.17) is 4.42 Å². The monoisotopic (exact) mass is 397 g/mol. The molecular formula is C25H19NO2S. The molecule has 142 valence electrons. The Morgan fingerprint density at radius 1 is 0.897 bits per heavy atom. The van der Waals surface area contributed by atoms with Crippen LogP contribution in [0.3, 0.4) is 0 Å². The van der Waals surface area contributed by atoms with Crippen molar-refractivity contribution in [1.29, 1.82) is 0 Å². The predicted molar refractivity (Wildman–Crippen MR) is 119 cm³/mol. The lowest BCUT2D eigenvalue weighted by Crippen LogP contribution is -2.22. The summed E-state index contributed by atoms with van der Waals surface area (Å²) in [5.41, 5.74) is 2.45. The number of hydrogen-bond acceptors (Lipinski definition) is 4. The molecule has 0 spiro atoms. The number of thiophene rings is 1. The van der Waals surface area contributed by atoms with E-state index < -0.39 is 0 Å². The zero-order valence-corrected chi connectivity index (χ0v) is 16.5. The minimum absolute atomic E-state index is 0.0634. The van der Waals surface area contributed by atoms with Crippen LogP contribution in [-0.4, -0.2) is 0 Å². The number of rotatable bonds is 5. The van der Waals surface area contributed by atoms with Gasteiger partial charge in [-0.3, -0.25) is 0 Å². The van der Waals surface area contributed by atoms with E-state index in [1.165, 1.54) is 10.4 Å². The second kappa shape index (κ2) is 7.66. The van der Waals surface area contributed by atoms with Crippen molar-refractivity contribution in [3.8, 4) is 0 Å². The molecule has 2 aromatic heterocycles. The zero-order valence-electron chi connectivity index (χ0n) is 15.7. The first-order chi connectivity index (χ1) is 14.3. The molecule has 0 aliphatic carbocycles. The van der Waals surface area contributed by atoms with E-state index in [0.717, 1.165) is 21.7 Å². The van der Waals surface area contributed by atoms with Crippen LogP contribution in [0.5, 0.6) is 0 Å². The minimum atomic E-state index is -0.322. The Hall–Kier alpha value is -3.21. The summed E-state index contributed by atoms with van der Waals surface area (Å²) in [5.74, 6) is 0. The SMILES string of the molecule is O=c1cc(CN[C@@H](c2ccccc2)c2cccs2)c2c(ccc3ccccc32)o1. The Bertz CT molecular complexity index is 1320. The van der Waals surface area contributed by atoms with Crippen molar-refractivity contribution in [2.45, 2.75) is 12.6 Å². The maximum atomic E-state index is 12.2. The second-order valence-corrected chi connectivity index (χ2v) is 7.97. The van der Waals surface area contributed by atoms with Gasteiger partial charge in [-0.05, 0) is 39.4 Å². The molecule has 3 nitrogen and oxygen atoms in total. The van der Waals surface area contributed by atoms with Crippen molar-refractivity contribution >= 4 is 33.1 Å². The summed E-state index contributed by atoms with van der Waals surface area (Å²) in [5, 5.41) is 8.98. The summed E-state index contributed by atoms with van der Waals surface area (Å²) < 4.78 is 5.49. The van der Waals surface area contributed by atoms with E-state index in [-0.39, 0.29) is 11.7 Å². The van der Waals surface area contributed by atoms with Gasteiger partial charge in [0.25, 0.3) is 0 Å². The molecule has 5 aromatic rings. The van der Waals surface area contributed by atoms with E-state index in [1.807, 2.05) is 30.3 Å². The Kier molecular flexibility index (Phi) is 4.72. The van der Waals surface area contributed by atoms with E-state index in [9.17, 15) is 4.79 Å². The molecule has 29 heavy (non-hydrogen) atoms. The largest absolute Gasteiger partial charge is 0.423 e. The fourth-order valence-electron chi connectivity index (χ4n) is 3.86. The lowest BCUT2D eigenvalue weighted by molar-refractivity contribution is 0.554. The topological polar surface area (TPSA) is 42.2 Å². The first-order valence-electron chi connectivity index (χ1n) is 9.56. The number of fused-ring (bicyclic) bond motifs is 3. The van der Waals surface area contributed by atoms with Gasteiger partial charge in [-0.15, -0.1) is 11.3 Å². The van der Waals surface area contributed by atoms with Gasteiger partial charge in [0.2, 0.25) is 0 Å². The van der Waals surface area contributed by atoms with Crippen LogP contribution in [0.2, 0.25) is 0 Å². The van der Waals surface area contributed by atoms with Crippen LogP contribution in [0.15, 0.2) is 99.5 Å². The molecule has 0 aliphatic rings. The Morgan fingerprint density at radius 3 is 2.55 bits per heavy atom. The highest BCUT2D eigenvalue weighted by atomic mass is 32.1. The van der Waals surface area contributed by atoms with Gasteiger partial charge in [-0.1, -0.05) is 66.7 Å². The van der Waals surface area contributed by atoms with Gasteiger partial charge in [0, 0.05) is 22.9 Å². The zero-order chi connectivity index (χ0) is 19.6. The fraction of sp³-hybridized carbons (Fsp3) is 0.0800. The van der Waals surface area contributed by atoms with Crippen molar-refractivity contribution in [3.05, 3.63) is 117 Å². The molecule has 0 unspecified atom stereocenters. The molecule has 5 rings (SSSR count). The normalized spacial score (nSPS) is 12.4. The third kappa shape index (κ3) is 3.48. The molecular weight excluding hydrogens is 378 g/mol. The predicted octanol–water partition coefficient (Wildman–Crippen LogP) is 5.89. The third-order valence-electron chi connectivity index (χ3n) is 5.17. The Morgan fingerprint density at radius 2 is 1.72 bits per heavy atom. The smallest absolute Gasteiger partial charge is 0.336 e. The quantitative estimate of drug-likeness (QED) is 0.297. The lowest BCUT2D eigenvalue weighted by Gasteiger charge is -2.19.